The van der Waals surface area contributed by atoms with Crippen molar-refractivity contribution < 1.29 is 26.4 Å². The first-order chi connectivity index (χ1) is 4.95. The van der Waals surface area contributed by atoms with E-state index < -0.39 is 0 Å². The van der Waals surface area contributed by atoms with Crippen molar-refractivity contribution >= 4 is 5.97 Å². The summed E-state index contributed by atoms with van der Waals surface area (Å²) in [6, 6.07) is 0. The number of ether oxygens (including phenoxy) is 1. The van der Waals surface area contributed by atoms with Crippen molar-refractivity contribution in [3.63, 3.8) is 0 Å². The Morgan fingerprint density at radius 2 is 2.00 bits per heavy atom. The van der Waals surface area contributed by atoms with E-state index in [0.29, 0.717) is 17.6 Å². The Kier molecular flexibility index (Phi) is 7.04. The maximum atomic E-state index is 10.9. The predicted molar refractivity (Wildman–Crippen MR) is 44.1 cm³/mol. The number of esters is 1. The molecule has 0 atom stereocenters. The van der Waals surface area contributed by atoms with E-state index in [0.717, 1.165) is 0 Å². The van der Waals surface area contributed by atoms with Gasteiger partial charge >= 0.3 is 5.97 Å². The van der Waals surface area contributed by atoms with Gasteiger partial charge in [0.1, 0.15) is 6.61 Å². The van der Waals surface area contributed by atoms with E-state index in [2.05, 4.69) is 6.58 Å². The van der Waals surface area contributed by atoms with Crippen molar-refractivity contribution in [3.8, 4) is 0 Å². The molecule has 3 nitrogen and oxygen atoms in total. The molecule has 0 aliphatic heterocycles. The first-order valence-corrected chi connectivity index (χ1v) is 3.52. The van der Waals surface area contributed by atoms with E-state index in [1.165, 1.54) is 0 Å². The second kappa shape index (κ2) is 6.03. The lowest BCUT2D eigenvalue weighted by Gasteiger charge is -2.21. The molecule has 0 aromatic rings. The number of hydrogen-bond donors (Lipinski definition) is 0. The zero-order chi connectivity index (χ0) is 8.91. The van der Waals surface area contributed by atoms with Crippen LogP contribution in [0.15, 0.2) is 12.7 Å². The van der Waals surface area contributed by atoms with Crippen LogP contribution >= 0.6 is 0 Å². The standard InChI is InChI=1S/C8H16NO2.ClH/c1-5-6-11-8(10)7-9(2,3)4;/h5H,1,6-7H2,2-4H3;1H/q+1;/p-1. The summed E-state index contributed by atoms with van der Waals surface area (Å²) in [4.78, 5) is 10.9. The molecule has 0 spiro atoms. The van der Waals surface area contributed by atoms with Gasteiger partial charge in [-0.2, -0.15) is 0 Å². The molecule has 0 fully saturated rings. The summed E-state index contributed by atoms with van der Waals surface area (Å²) in [5, 5.41) is 0. The smallest absolute Gasteiger partial charge is 0.362 e. The molecule has 4 heteroatoms. The van der Waals surface area contributed by atoms with E-state index in [-0.39, 0.29) is 18.4 Å². The van der Waals surface area contributed by atoms with E-state index in [9.17, 15) is 4.79 Å². The molecule has 0 aliphatic carbocycles. The van der Waals surface area contributed by atoms with Gasteiger partial charge < -0.3 is 21.6 Å². The van der Waals surface area contributed by atoms with Crippen molar-refractivity contribution in [3.05, 3.63) is 12.7 Å². The lowest BCUT2D eigenvalue weighted by atomic mass is 10.5. The van der Waals surface area contributed by atoms with Crippen LogP contribution < -0.4 is 12.4 Å². The number of quaternary nitrogens is 1. The van der Waals surface area contributed by atoms with Crippen LogP contribution in [0.3, 0.4) is 0 Å². The molecule has 0 heterocycles. The largest absolute Gasteiger partial charge is 1.00 e. The lowest BCUT2D eigenvalue weighted by molar-refractivity contribution is -0.862. The Morgan fingerprint density at radius 1 is 1.50 bits per heavy atom. The molecular weight excluding hydrogens is 178 g/mol. The minimum Gasteiger partial charge on any atom is -1.00 e. The molecule has 0 N–H and O–H groups in total. The van der Waals surface area contributed by atoms with E-state index in [1.807, 2.05) is 21.1 Å². The quantitative estimate of drug-likeness (QED) is 0.279. The highest BCUT2D eigenvalue weighted by Crippen LogP contribution is 1.91. The van der Waals surface area contributed by atoms with Gasteiger partial charge in [0, 0.05) is 0 Å². The number of likely N-dealkylation sites (N-methyl/N-ethyl adjacent to an activating group) is 1. The van der Waals surface area contributed by atoms with E-state index in [1.54, 1.807) is 6.08 Å². The molecule has 12 heavy (non-hydrogen) atoms. The Labute approximate surface area is 80.0 Å². The molecule has 0 rings (SSSR count). The van der Waals surface area contributed by atoms with Crippen LogP contribution in [0.5, 0.6) is 0 Å². The van der Waals surface area contributed by atoms with Gasteiger partial charge in [-0.1, -0.05) is 12.7 Å². The predicted octanol–water partition coefficient (Wildman–Crippen LogP) is -2.57. The molecule has 72 valence electrons. The molecule has 0 radical (unpaired) electrons. The fraction of sp³-hybridized carbons (Fsp3) is 0.625. The SMILES string of the molecule is C=CCOC(=O)C[N+](C)(C)C.[Cl-]. The van der Waals surface area contributed by atoms with Crippen LogP contribution in [-0.2, 0) is 9.53 Å². The molecule has 0 aromatic heterocycles. The highest BCUT2D eigenvalue weighted by molar-refractivity contribution is 5.70. The highest BCUT2D eigenvalue weighted by Gasteiger charge is 2.14. The molecule has 0 amide bonds. The van der Waals surface area contributed by atoms with Crippen molar-refractivity contribution in [2.45, 2.75) is 0 Å². The number of halogens is 1. The Hall–Kier alpha value is -0.540. The summed E-state index contributed by atoms with van der Waals surface area (Å²) in [5.41, 5.74) is 0. The average molecular weight is 194 g/mol. The van der Waals surface area contributed by atoms with Crippen LogP contribution in [0.4, 0.5) is 0 Å². The van der Waals surface area contributed by atoms with E-state index >= 15 is 0 Å². The third kappa shape index (κ3) is 9.46. The second-order valence-electron chi connectivity index (χ2n) is 3.42. The Bertz CT molecular complexity index is 152. The van der Waals surface area contributed by atoms with Crippen LogP contribution in [-0.4, -0.2) is 44.7 Å². The summed E-state index contributed by atoms with van der Waals surface area (Å²) in [7, 11) is 5.82. The molecule has 0 bridgehead atoms. The van der Waals surface area contributed by atoms with Gasteiger partial charge in [0.25, 0.3) is 0 Å². The first-order valence-electron chi connectivity index (χ1n) is 3.52. The van der Waals surface area contributed by atoms with Gasteiger partial charge in [-0.05, 0) is 0 Å². The number of rotatable bonds is 4. The van der Waals surface area contributed by atoms with Crippen molar-refractivity contribution in [1.82, 2.24) is 0 Å². The van der Waals surface area contributed by atoms with Crippen molar-refractivity contribution in [2.24, 2.45) is 0 Å². The first kappa shape index (κ1) is 14.0. The maximum Gasteiger partial charge on any atom is 0.362 e. The summed E-state index contributed by atoms with van der Waals surface area (Å²) in [6.07, 6.45) is 1.56. The number of carbonyl (C=O) groups excluding carboxylic acids is 1. The fourth-order valence-electron chi connectivity index (χ4n) is 0.585. The number of carbonyl (C=O) groups is 1. The van der Waals surface area contributed by atoms with Gasteiger partial charge in [-0.15, -0.1) is 0 Å². The zero-order valence-electron chi connectivity index (χ0n) is 7.84. The monoisotopic (exact) mass is 193 g/mol. The highest BCUT2D eigenvalue weighted by atomic mass is 35.5. The van der Waals surface area contributed by atoms with Crippen LogP contribution in [0, 0.1) is 0 Å². The van der Waals surface area contributed by atoms with Crippen LogP contribution in [0.25, 0.3) is 0 Å². The van der Waals surface area contributed by atoms with Gasteiger partial charge in [-0.3, -0.25) is 0 Å². The number of hydrogen-bond acceptors (Lipinski definition) is 2. The maximum absolute atomic E-state index is 10.9. The minimum atomic E-state index is -0.183. The van der Waals surface area contributed by atoms with Gasteiger partial charge in [0.05, 0.1) is 21.1 Å². The third-order valence-corrected chi connectivity index (χ3v) is 0.966. The Morgan fingerprint density at radius 3 is 2.33 bits per heavy atom. The van der Waals surface area contributed by atoms with Crippen LogP contribution in [0.2, 0.25) is 0 Å². The second-order valence-corrected chi connectivity index (χ2v) is 3.42. The van der Waals surface area contributed by atoms with E-state index in [4.69, 9.17) is 4.74 Å². The summed E-state index contributed by atoms with van der Waals surface area (Å²) in [5.74, 6) is -0.183. The fourth-order valence-corrected chi connectivity index (χ4v) is 0.585. The van der Waals surface area contributed by atoms with Gasteiger partial charge in [-0.25, -0.2) is 4.79 Å². The topological polar surface area (TPSA) is 26.3 Å². The Balaban J connectivity index is 0. The van der Waals surface area contributed by atoms with Crippen LogP contribution in [0.1, 0.15) is 0 Å². The summed E-state index contributed by atoms with van der Waals surface area (Å²) < 4.78 is 5.39. The summed E-state index contributed by atoms with van der Waals surface area (Å²) in [6.45, 7) is 4.15. The lowest BCUT2D eigenvalue weighted by Crippen LogP contribution is -3.00. The normalized spacial score (nSPS) is 9.92. The van der Waals surface area contributed by atoms with Crippen molar-refractivity contribution in [1.29, 1.82) is 0 Å². The zero-order valence-corrected chi connectivity index (χ0v) is 8.60. The van der Waals surface area contributed by atoms with Gasteiger partial charge in [0.15, 0.2) is 6.54 Å². The summed E-state index contributed by atoms with van der Waals surface area (Å²) >= 11 is 0. The van der Waals surface area contributed by atoms with Crippen molar-refractivity contribution in [2.75, 3.05) is 34.3 Å². The molecule has 0 unspecified atom stereocenters. The molecule has 0 aliphatic rings. The minimum absolute atomic E-state index is 0. The molecule has 0 aromatic carbocycles. The molecule has 0 saturated carbocycles. The third-order valence-electron chi connectivity index (χ3n) is 0.966. The van der Waals surface area contributed by atoms with Gasteiger partial charge in [0.2, 0.25) is 0 Å². The average Bonchev–Trinajstić information content (AvgIpc) is 1.79. The molecule has 0 saturated heterocycles. The molecular formula is C8H16ClNO2. The number of nitrogens with zero attached hydrogens (tertiary/aromatic N) is 1.